The van der Waals surface area contributed by atoms with E-state index in [1.165, 1.54) is 29.2 Å². The number of aromatic nitrogens is 1. The van der Waals surface area contributed by atoms with Crippen molar-refractivity contribution in [3.63, 3.8) is 0 Å². The van der Waals surface area contributed by atoms with Crippen LogP contribution in [-0.2, 0) is 14.4 Å². The van der Waals surface area contributed by atoms with Crippen molar-refractivity contribution in [2.24, 2.45) is 4.99 Å². The standard InChI is InChI=1S/C15H17N5O4S2.Na/c1-2-4-17-9(7-6-26-15(16)18-7)11(21)19-10-12(22)20-8(14(23)24)3-5-25-13(10)20;/h3,6,10,13H,2,4-5H2,1H3,(H2,16,18)(H,19,21)(H,23,24);/q;+1/p-1/t10-,13-;/m1./s1. The van der Waals surface area contributed by atoms with Crippen LogP contribution < -0.4 is 45.7 Å². The van der Waals surface area contributed by atoms with Crippen LogP contribution in [0.25, 0.3) is 0 Å². The van der Waals surface area contributed by atoms with E-state index in [4.69, 9.17) is 5.73 Å². The van der Waals surface area contributed by atoms with Gasteiger partial charge >= 0.3 is 29.6 Å². The van der Waals surface area contributed by atoms with Gasteiger partial charge in [0, 0.05) is 17.7 Å². The Bertz CT molecular complexity index is 825. The summed E-state index contributed by atoms with van der Waals surface area (Å²) >= 11 is 2.56. The van der Waals surface area contributed by atoms with Gasteiger partial charge in [-0.2, -0.15) is 0 Å². The van der Waals surface area contributed by atoms with Gasteiger partial charge < -0.3 is 21.0 Å². The number of aliphatic carboxylic acids is 1. The van der Waals surface area contributed by atoms with E-state index in [9.17, 15) is 19.5 Å². The van der Waals surface area contributed by atoms with Crippen LogP contribution in [0.2, 0.25) is 0 Å². The van der Waals surface area contributed by atoms with Crippen molar-refractivity contribution in [1.29, 1.82) is 0 Å². The maximum atomic E-state index is 12.7. The molecule has 2 aliphatic heterocycles. The van der Waals surface area contributed by atoms with Crippen molar-refractivity contribution in [3.05, 3.63) is 22.8 Å². The first-order valence-electron chi connectivity index (χ1n) is 7.87. The number of amides is 2. The molecular formula is C15H16N5NaO4S2. The number of fused-ring (bicyclic) bond motifs is 1. The minimum Gasteiger partial charge on any atom is -0.543 e. The molecule has 1 fully saturated rings. The number of nitrogens with one attached hydrogen (secondary N) is 1. The molecule has 9 nitrogen and oxygen atoms in total. The number of anilines is 1. The average Bonchev–Trinajstić information content (AvgIpc) is 3.05. The smallest absolute Gasteiger partial charge is 0.543 e. The zero-order chi connectivity index (χ0) is 18.8. The molecule has 0 radical (unpaired) electrons. The molecule has 3 N–H and O–H groups in total. The summed E-state index contributed by atoms with van der Waals surface area (Å²) in [5.74, 6) is -2.01. The molecule has 0 saturated carbocycles. The van der Waals surface area contributed by atoms with Gasteiger partial charge in [-0.25, -0.2) is 4.98 Å². The Morgan fingerprint density at radius 2 is 2.26 bits per heavy atom. The van der Waals surface area contributed by atoms with Crippen LogP contribution in [0.15, 0.2) is 22.1 Å². The number of nitrogens with zero attached hydrogens (tertiary/aromatic N) is 3. The Hall–Kier alpha value is -1.40. The second-order valence-corrected chi connectivity index (χ2v) is 7.60. The summed E-state index contributed by atoms with van der Waals surface area (Å²) in [6.45, 7) is 2.36. The number of carboxylic acids is 1. The number of carbonyl (C=O) groups is 3. The van der Waals surface area contributed by atoms with Crippen LogP contribution in [0.1, 0.15) is 19.0 Å². The molecule has 2 aliphatic rings. The number of β-lactam (4-membered cyclic amide) rings is 1. The van der Waals surface area contributed by atoms with Crippen molar-refractivity contribution in [3.8, 4) is 0 Å². The Morgan fingerprint density at radius 1 is 1.52 bits per heavy atom. The van der Waals surface area contributed by atoms with Crippen LogP contribution in [0, 0.1) is 0 Å². The normalized spacial score (nSPS) is 21.5. The largest absolute Gasteiger partial charge is 1.00 e. The monoisotopic (exact) mass is 417 g/mol. The van der Waals surface area contributed by atoms with Gasteiger partial charge in [-0.3, -0.25) is 19.5 Å². The van der Waals surface area contributed by atoms with Crippen LogP contribution >= 0.6 is 23.1 Å². The van der Waals surface area contributed by atoms with Crippen molar-refractivity contribution in [1.82, 2.24) is 15.2 Å². The summed E-state index contributed by atoms with van der Waals surface area (Å²) < 4.78 is 0. The molecule has 12 heteroatoms. The van der Waals surface area contributed by atoms with E-state index in [2.05, 4.69) is 15.3 Å². The van der Waals surface area contributed by atoms with Gasteiger partial charge in [0.15, 0.2) is 5.13 Å². The van der Waals surface area contributed by atoms with E-state index in [1.807, 2.05) is 6.92 Å². The first kappa shape index (κ1) is 21.9. The molecule has 1 saturated heterocycles. The van der Waals surface area contributed by atoms with Gasteiger partial charge in [-0.1, -0.05) is 6.92 Å². The molecule has 3 heterocycles. The fourth-order valence-corrected chi connectivity index (χ4v) is 4.37. The Morgan fingerprint density at radius 3 is 2.85 bits per heavy atom. The Kier molecular flexibility index (Phi) is 7.46. The summed E-state index contributed by atoms with van der Waals surface area (Å²) in [7, 11) is 0. The number of rotatable bonds is 6. The van der Waals surface area contributed by atoms with Gasteiger partial charge in [-0.05, 0) is 12.5 Å². The summed E-state index contributed by atoms with van der Waals surface area (Å²) in [5.41, 5.74) is 5.94. The third-order valence-corrected chi connectivity index (χ3v) is 5.67. The molecule has 0 aliphatic carbocycles. The number of carbonyl (C=O) groups excluding carboxylic acids is 3. The predicted octanol–water partition coefficient (Wildman–Crippen LogP) is -4.04. The molecule has 2 atom stereocenters. The second-order valence-electron chi connectivity index (χ2n) is 5.56. The van der Waals surface area contributed by atoms with E-state index >= 15 is 0 Å². The van der Waals surface area contributed by atoms with Gasteiger partial charge in [0.1, 0.15) is 22.8 Å². The van der Waals surface area contributed by atoms with Crippen molar-refractivity contribution < 1.29 is 49.0 Å². The van der Waals surface area contributed by atoms with E-state index in [-0.39, 0.29) is 41.0 Å². The van der Waals surface area contributed by atoms with E-state index < -0.39 is 29.2 Å². The fourth-order valence-electron chi connectivity index (χ4n) is 2.63. The van der Waals surface area contributed by atoms with E-state index in [1.54, 1.807) is 5.38 Å². The first-order chi connectivity index (χ1) is 12.4. The third kappa shape index (κ3) is 4.37. The van der Waals surface area contributed by atoms with Crippen molar-refractivity contribution in [2.45, 2.75) is 24.8 Å². The molecule has 0 spiro atoms. The maximum Gasteiger partial charge on any atom is 1.00 e. The fraction of sp³-hybridized carbons (Fsp3) is 0.400. The van der Waals surface area contributed by atoms with Gasteiger partial charge in [-0.15, -0.1) is 23.1 Å². The second kappa shape index (κ2) is 9.20. The van der Waals surface area contributed by atoms with E-state index in [0.717, 1.165) is 11.3 Å². The minimum absolute atomic E-state index is 0. The molecule has 2 amide bonds. The minimum atomic E-state index is -1.41. The van der Waals surface area contributed by atoms with Gasteiger partial charge in [0.05, 0.1) is 11.7 Å². The predicted molar refractivity (Wildman–Crippen MR) is 96.3 cm³/mol. The zero-order valence-electron chi connectivity index (χ0n) is 14.8. The topological polar surface area (TPSA) is 141 Å². The SMILES string of the molecule is CCCN=C(C(=O)N[C@@H]1C(=O)N2C(C(=O)[O-])=CCS[C@H]12)c1csc(N)n1.[Na+]. The van der Waals surface area contributed by atoms with Gasteiger partial charge in [0.2, 0.25) is 0 Å². The molecule has 3 rings (SSSR count). The quantitative estimate of drug-likeness (QED) is 0.273. The van der Waals surface area contributed by atoms with Crippen molar-refractivity contribution in [2.75, 3.05) is 18.0 Å². The number of carboxylic acid groups (broad SMARTS) is 1. The Labute approximate surface area is 185 Å². The van der Waals surface area contributed by atoms with Crippen LogP contribution in [-0.4, -0.2) is 57.1 Å². The summed E-state index contributed by atoms with van der Waals surface area (Å²) in [6.07, 6.45) is 2.17. The molecular weight excluding hydrogens is 401 g/mol. The van der Waals surface area contributed by atoms with Gasteiger partial charge in [0.25, 0.3) is 11.8 Å². The Balaban J connectivity index is 0.00000261. The first-order valence-corrected chi connectivity index (χ1v) is 9.79. The number of aliphatic imine (C=N–C) groups is 1. The molecule has 0 unspecified atom stereocenters. The maximum absolute atomic E-state index is 12.7. The number of nitrogen functional groups attached to an aromatic ring is 1. The number of hydrogen-bond acceptors (Lipinski definition) is 9. The number of thioether (sulfide) groups is 1. The zero-order valence-corrected chi connectivity index (χ0v) is 18.4. The van der Waals surface area contributed by atoms with Crippen molar-refractivity contribution >= 4 is 51.7 Å². The van der Waals surface area contributed by atoms with Crippen LogP contribution in [0.3, 0.4) is 0 Å². The number of hydrogen-bond donors (Lipinski definition) is 2. The summed E-state index contributed by atoms with van der Waals surface area (Å²) in [6, 6.07) is -0.821. The summed E-state index contributed by atoms with van der Waals surface area (Å²) in [5, 5.41) is 15.2. The molecule has 1 aromatic rings. The third-order valence-electron chi connectivity index (χ3n) is 3.82. The average molecular weight is 417 g/mol. The molecule has 27 heavy (non-hydrogen) atoms. The van der Waals surface area contributed by atoms with E-state index in [0.29, 0.717) is 23.1 Å². The molecule has 138 valence electrons. The number of nitrogens with two attached hydrogens (primary N) is 1. The van der Waals surface area contributed by atoms with Crippen LogP contribution in [0.5, 0.6) is 0 Å². The number of thiazole rings is 1. The van der Waals surface area contributed by atoms with Crippen LogP contribution in [0.4, 0.5) is 5.13 Å². The molecule has 1 aromatic heterocycles. The molecule has 0 aromatic carbocycles. The molecule has 0 bridgehead atoms. The summed E-state index contributed by atoms with van der Waals surface area (Å²) in [4.78, 5) is 45.6.